The second-order valence-electron chi connectivity index (χ2n) is 2.91. The van der Waals surface area contributed by atoms with Gasteiger partial charge in [0.15, 0.2) is 0 Å². The van der Waals surface area contributed by atoms with E-state index in [-0.39, 0.29) is 18.1 Å². The molecule has 0 aliphatic rings. The summed E-state index contributed by atoms with van der Waals surface area (Å²) in [6.07, 6.45) is 1.41. The molecule has 1 aromatic heterocycles. The molecular weight excluding hydrogens is 208 g/mol. The summed E-state index contributed by atoms with van der Waals surface area (Å²) >= 11 is 0. The summed E-state index contributed by atoms with van der Waals surface area (Å²) in [4.78, 5) is 25.2. The summed E-state index contributed by atoms with van der Waals surface area (Å²) in [6, 6.07) is 2.98. The monoisotopic (exact) mass is 218 g/mol. The molecule has 0 radical (unpaired) electrons. The summed E-state index contributed by atoms with van der Waals surface area (Å²) in [5.41, 5.74) is 0.694. The molecule has 0 bridgehead atoms. The number of carbonyl (C=O) groups is 2. The second-order valence-corrected chi connectivity index (χ2v) is 2.91. The van der Waals surface area contributed by atoms with Gasteiger partial charge in [-0.25, -0.2) is 9.78 Å². The predicted octanol–water partition coefficient (Wildman–Crippen LogP) is 0.419. The van der Waals surface area contributed by atoms with E-state index in [4.69, 9.17) is 5.11 Å². The van der Waals surface area contributed by atoms with Crippen LogP contribution >= 0.6 is 0 Å². The van der Waals surface area contributed by atoms with Crippen molar-refractivity contribution in [2.75, 3.05) is 0 Å². The number of nitrogens with one attached hydrogen (secondary N) is 1. The highest BCUT2D eigenvalue weighted by atomic mass is 16.4. The van der Waals surface area contributed by atoms with Crippen molar-refractivity contribution in [3.05, 3.63) is 29.6 Å². The molecule has 0 aromatic carbocycles. The standard InChI is InChI=1S/C11H10N2O3/c1-2-3-10(14)13-7-8-4-5-9(11(15)16)12-6-8/h4-6H,7H2,1H3,(H,13,14)(H,15,16). The third-order valence-corrected chi connectivity index (χ3v) is 1.74. The molecule has 0 fully saturated rings. The number of hydrogen-bond donors (Lipinski definition) is 2. The lowest BCUT2D eigenvalue weighted by molar-refractivity contribution is -0.115. The number of aromatic nitrogens is 1. The Balaban J connectivity index is 2.58. The van der Waals surface area contributed by atoms with E-state index in [1.807, 2.05) is 0 Å². The lowest BCUT2D eigenvalue weighted by atomic mass is 10.2. The maximum atomic E-state index is 11.0. The molecule has 0 saturated carbocycles. The van der Waals surface area contributed by atoms with Gasteiger partial charge in [-0.1, -0.05) is 12.0 Å². The summed E-state index contributed by atoms with van der Waals surface area (Å²) < 4.78 is 0. The molecule has 16 heavy (non-hydrogen) atoms. The molecule has 1 amide bonds. The van der Waals surface area contributed by atoms with Crippen molar-refractivity contribution in [1.29, 1.82) is 0 Å². The van der Waals surface area contributed by atoms with E-state index >= 15 is 0 Å². The Bertz CT molecular complexity index is 454. The van der Waals surface area contributed by atoms with Crippen molar-refractivity contribution in [3.8, 4) is 11.8 Å². The van der Waals surface area contributed by atoms with Crippen LogP contribution in [-0.2, 0) is 11.3 Å². The first-order chi connectivity index (χ1) is 7.63. The number of amides is 1. The summed E-state index contributed by atoms with van der Waals surface area (Å²) in [7, 11) is 0. The number of carboxylic acid groups (broad SMARTS) is 1. The zero-order valence-electron chi connectivity index (χ0n) is 8.65. The number of pyridine rings is 1. The minimum Gasteiger partial charge on any atom is -0.477 e. The first kappa shape index (κ1) is 11.7. The van der Waals surface area contributed by atoms with Crippen molar-refractivity contribution in [3.63, 3.8) is 0 Å². The molecule has 5 nitrogen and oxygen atoms in total. The fraction of sp³-hybridized carbons (Fsp3) is 0.182. The summed E-state index contributed by atoms with van der Waals surface area (Å²) in [6.45, 7) is 1.85. The first-order valence-corrected chi connectivity index (χ1v) is 4.52. The molecule has 5 heteroatoms. The van der Waals surface area contributed by atoms with Gasteiger partial charge < -0.3 is 10.4 Å². The van der Waals surface area contributed by atoms with E-state index in [0.29, 0.717) is 0 Å². The van der Waals surface area contributed by atoms with E-state index in [1.54, 1.807) is 13.0 Å². The molecule has 1 rings (SSSR count). The maximum absolute atomic E-state index is 11.0. The number of carboxylic acids is 1. The fourth-order valence-electron chi connectivity index (χ4n) is 0.996. The van der Waals surface area contributed by atoms with Gasteiger partial charge in [-0.15, -0.1) is 0 Å². The van der Waals surface area contributed by atoms with Crippen molar-refractivity contribution in [2.45, 2.75) is 13.5 Å². The minimum absolute atomic E-state index is 0.0246. The third kappa shape index (κ3) is 3.42. The summed E-state index contributed by atoms with van der Waals surface area (Å²) in [5, 5.41) is 11.2. The van der Waals surface area contributed by atoms with Crippen LogP contribution in [0.15, 0.2) is 18.3 Å². The Kier molecular flexibility index (Phi) is 4.04. The van der Waals surface area contributed by atoms with Gasteiger partial charge >= 0.3 is 5.97 Å². The fourth-order valence-corrected chi connectivity index (χ4v) is 0.996. The number of hydrogen-bond acceptors (Lipinski definition) is 3. The Morgan fingerprint density at radius 2 is 2.25 bits per heavy atom. The highest BCUT2D eigenvalue weighted by Gasteiger charge is 2.03. The topological polar surface area (TPSA) is 79.3 Å². The van der Waals surface area contributed by atoms with Gasteiger partial charge in [0.1, 0.15) is 5.69 Å². The lowest BCUT2D eigenvalue weighted by Crippen LogP contribution is -2.20. The van der Waals surface area contributed by atoms with Gasteiger partial charge in [0.05, 0.1) is 0 Å². The third-order valence-electron chi connectivity index (χ3n) is 1.74. The predicted molar refractivity (Wildman–Crippen MR) is 56.5 cm³/mol. The Labute approximate surface area is 92.5 Å². The molecule has 1 aromatic rings. The zero-order chi connectivity index (χ0) is 12.0. The Morgan fingerprint density at radius 1 is 1.50 bits per heavy atom. The lowest BCUT2D eigenvalue weighted by Gasteiger charge is -2.01. The Morgan fingerprint density at radius 3 is 2.75 bits per heavy atom. The van der Waals surface area contributed by atoms with E-state index in [1.165, 1.54) is 12.3 Å². The number of rotatable bonds is 3. The van der Waals surface area contributed by atoms with Gasteiger partial charge in [-0.05, 0) is 24.5 Å². The summed E-state index contributed by atoms with van der Waals surface area (Å²) in [5.74, 6) is 3.36. The zero-order valence-corrected chi connectivity index (χ0v) is 8.65. The van der Waals surface area contributed by atoms with E-state index in [9.17, 15) is 9.59 Å². The van der Waals surface area contributed by atoms with Gasteiger partial charge in [-0.3, -0.25) is 4.79 Å². The van der Waals surface area contributed by atoms with E-state index in [0.717, 1.165) is 5.56 Å². The average Bonchev–Trinajstić information content (AvgIpc) is 2.27. The van der Waals surface area contributed by atoms with Crippen molar-refractivity contribution in [2.24, 2.45) is 0 Å². The van der Waals surface area contributed by atoms with Gasteiger partial charge in [-0.2, -0.15) is 0 Å². The SMILES string of the molecule is CC#CC(=O)NCc1ccc(C(=O)O)nc1. The molecule has 0 spiro atoms. The van der Waals surface area contributed by atoms with Gasteiger partial charge in [0.25, 0.3) is 5.91 Å². The molecule has 0 aliphatic heterocycles. The molecule has 0 unspecified atom stereocenters. The molecule has 1 heterocycles. The second kappa shape index (κ2) is 5.51. The highest BCUT2D eigenvalue weighted by Crippen LogP contribution is 1.99. The van der Waals surface area contributed by atoms with Crippen LogP contribution in [0, 0.1) is 11.8 Å². The van der Waals surface area contributed by atoms with Crippen LogP contribution in [0.3, 0.4) is 0 Å². The van der Waals surface area contributed by atoms with Crippen LogP contribution in [-0.4, -0.2) is 22.0 Å². The quantitative estimate of drug-likeness (QED) is 0.720. The maximum Gasteiger partial charge on any atom is 0.354 e. The smallest absolute Gasteiger partial charge is 0.354 e. The molecule has 0 saturated heterocycles. The first-order valence-electron chi connectivity index (χ1n) is 4.52. The molecule has 0 aliphatic carbocycles. The molecular formula is C11H10N2O3. The molecule has 82 valence electrons. The number of carbonyl (C=O) groups excluding carboxylic acids is 1. The number of aromatic carboxylic acids is 1. The largest absolute Gasteiger partial charge is 0.477 e. The van der Waals surface area contributed by atoms with Crippen LogP contribution in [0.1, 0.15) is 23.0 Å². The van der Waals surface area contributed by atoms with Gasteiger partial charge in [0.2, 0.25) is 0 Å². The highest BCUT2D eigenvalue weighted by molar-refractivity contribution is 5.93. The van der Waals surface area contributed by atoms with Crippen LogP contribution < -0.4 is 5.32 Å². The van der Waals surface area contributed by atoms with Crippen LogP contribution in [0.4, 0.5) is 0 Å². The molecule has 2 N–H and O–H groups in total. The van der Waals surface area contributed by atoms with Crippen LogP contribution in [0.2, 0.25) is 0 Å². The van der Waals surface area contributed by atoms with Crippen molar-refractivity contribution < 1.29 is 14.7 Å². The minimum atomic E-state index is -1.08. The van der Waals surface area contributed by atoms with Crippen LogP contribution in [0.25, 0.3) is 0 Å². The normalized spacial score (nSPS) is 8.81. The van der Waals surface area contributed by atoms with Crippen LogP contribution in [0.5, 0.6) is 0 Å². The van der Waals surface area contributed by atoms with Crippen molar-refractivity contribution >= 4 is 11.9 Å². The van der Waals surface area contributed by atoms with E-state index < -0.39 is 5.97 Å². The average molecular weight is 218 g/mol. The van der Waals surface area contributed by atoms with Gasteiger partial charge in [0, 0.05) is 12.7 Å². The van der Waals surface area contributed by atoms with E-state index in [2.05, 4.69) is 22.1 Å². The number of nitrogens with zero attached hydrogens (tertiary/aromatic N) is 1. The Hall–Kier alpha value is -2.35. The van der Waals surface area contributed by atoms with Crippen molar-refractivity contribution in [1.82, 2.24) is 10.3 Å². The molecule has 0 atom stereocenters.